The van der Waals surface area contributed by atoms with Crippen LogP contribution in [0, 0.1) is 5.92 Å². The Morgan fingerprint density at radius 1 is 1.10 bits per heavy atom. The Labute approximate surface area is 175 Å². The van der Waals surface area contributed by atoms with Crippen LogP contribution in [-0.4, -0.2) is 41.7 Å². The van der Waals surface area contributed by atoms with Gasteiger partial charge in [-0.3, -0.25) is 19.1 Å². The maximum absolute atomic E-state index is 12.8. The van der Waals surface area contributed by atoms with Gasteiger partial charge in [-0.05, 0) is 24.3 Å². The van der Waals surface area contributed by atoms with Gasteiger partial charge in [0.25, 0.3) is 0 Å². The molecule has 2 aliphatic rings. The molecule has 0 spiro atoms. The third kappa shape index (κ3) is 3.75. The molecule has 0 bridgehead atoms. The second-order valence-electron chi connectivity index (χ2n) is 7.25. The van der Waals surface area contributed by atoms with E-state index in [-0.39, 0.29) is 30.6 Å². The number of anilines is 2. The van der Waals surface area contributed by atoms with Gasteiger partial charge in [-0.1, -0.05) is 17.3 Å². The summed E-state index contributed by atoms with van der Waals surface area (Å²) in [4.78, 5) is 40.6. The fourth-order valence-electron chi connectivity index (χ4n) is 3.68. The molecule has 31 heavy (non-hydrogen) atoms. The number of carbonyl (C=O) groups excluding carboxylic acids is 2. The standard InChI is InChI=1S/C21H18N4O6/c26-18-9-13(11-25(18)15-4-5-16-17(10-15)30-7-6-29-16)20(27)22-14-3-1-2-12(8-14)19-23-21(28)31-24-19/h1-5,8,10,13H,6-7,9,11H2,(H,22,27)(H,23,24,28). The summed E-state index contributed by atoms with van der Waals surface area (Å²) >= 11 is 0. The van der Waals surface area contributed by atoms with Crippen LogP contribution in [0.5, 0.6) is 11.5 Å². The molecule has 0 saturated carbocycles. The van der Waals surface area contributed by atoms with Gasteiger partial charge in [0.2, 0.25) is 11.8 Å². The molecule has 1 aromatic heterocycles. The van der Waals surface area contributed by atoms with Crippen LogP contribution in [-0.2, 0) is 9.59 Å². The minimum absolute atomic E-state index is 0.108. The van der Waals surface area contributed by atoms with Crippen molar-refractivity contribution in [1.82, 2.24) is 10.1 Å². The second-order valence-corrected chi connectivity index (χ2v) is 7.25. The zero-order valence-corrected chi connectivity index (χ0v) is 16.3. The van der Waals surface area contributed by atoms with Gasteiger partial charge in [0, 0.05) is 36.0 Å². The number of nitrogens with one attached hydrogen (secondary N) is 2. The number of aromatic amines is 1. The molecule has 1 fully saturated rings. The lowest BCUT2D eigenvalue weighted by atomic mass is 10.1. The molecule has 1 unspecified atom stereocenters. The van der Waals surface area contributed by atoms with Crippen molar-refractivity contribution in [3.8, 4) is 22.9 Å². The lowest BCUT2D eigenvalue weighted by Gasteiger charge is -2.22. The minimum atomic E-state index is -0.659. The summed E-state index contributed by atoms with van der Waals surface area (Å²) in [6, 6.07) is 12.1. The number of amides is 2. The van der Waals surface area contributed by atoms with E-state index in [0.29, 0.717) is 41.7 Å². The molecular formula is C21H18N4O6. The molecule has 2 aliphatic heterocycles. The Kier molecular flexibility index (Phi) is 4.66. The van der Waals surface area contributed by atoms with E-state index in [2.05, 4.69) is 20.0 Å². The fourth-order valence-corrected chi connectivity index (χ4v) is 3.68. The largest absolute Gasteiger partial charge is 0.486 e. The van der Waals surface area contributed by atoms with Gasteiger partial charge in [-0.2, -0.15) is 0 Å². The molecule has 5 rings (SSSR count). The summed E-state index contributed by atoms with van der Waals surface area (Å²) in [6.45, 7) is 1.21. The Balaban J connectivity index is 1.29. The van der Waals surface area contributed by atoms with Crippen LogP contribution >= 0.6 is 0 Å². The highest BCUT2D eigenvalue weighted by Gasteiger charge is 2.35. The molecule has 3 aromatic rings. The molecule has 10 heteroatoms. The quantitative estimate of drug-likeness (QED) is 0.656. The first-order valence-electron chi connectivity index (χ1n) is 9.74. The van der Waals surface area contributed by atoms with Crippen LogP contribution in [0.4, 0.5) is 11.4 Å². The average Bonchev–Trinajstić information content (AvgIpc) is 3.39. The van der Waals surface area contributed by atoms with E-state index in [4.69, 9.17) is 9.47 Å². The summed E-state index contributed by atoms with van der Waals surface area (Å²) < 4.78 is 15.6. The van der Waals surface area contributed by atoms with Crippen molar-refractivity contribution in [3.05, 3.63) is 53.0 Å². The predicted octanol–water partition coefficient (Wildman–Crippen LogP) is 1.79. The number of hydrogen-bond acceptors (Lipinski definition) is 7. The number of hydrogen-bond donors (Lipinski definition) is 2. The Bertz CT molecular complexity index is 1220. The van der Waals surface area contributed by atoms with Crippen LogP contribution in [0.1, 0.15) is 6.42 Å². The minimum Gasteiger partial charge on any atom is -0.486 e. The molecule has 2 N–H and O–H groups in total. The second kappa shape index (κ2) is 7.63. The molecule has 158 valence electrons. The van der Waals surface area contributed by atoms with Gasteiger partial charge in [-0.25, -0.2) is 4.79 Å². The fraction of sp³-hybridized carbons (Fsp3) is 0.238. The van der Waals surface area contributed by atoms with Crippen molar-refractivity contribution in [2.45, 2.75) is 6.42 Å². The van der Waals surface area contributed by atoms with E-state index in [1.54, 1.807) is 47.4 Å². The number of benzene rings is 2. The van der Waals surface area contributed by atoms with Crippen LogP contribution in [0.2, 0.25) is 0 Å². The van der Waals surface area contributed by atoms with Crippen molar-refractivity contribution in [3.63, 3.8) is 0 Å². The van der Waals surface area contributed by atoms with Crippen LogP contribution in [0.25, 0.3) is 11.4 Å². The lowest BCUT2D eigenvalue weighted by Crippen LogP contribution is -2.28. The van der Waals surface area contributed by atoms with E-state index in [0.717, 1.165) is 0 Å². The molecule has 0 radical (unpaired) electrons. The highest BCUT2D eigenvalue weighted by atomic mass is 16.6. The maximum Gasteiger partial charge on any atom is 0.439 e. The number of carbonyl (C=O) groups is 2. The van der Waals surface area contributed by atoms with Crippen molar-refractivity contribution in [1.29, 1.82) is 0 Å². The van der Waals surface area contributed by atoms with Crippen molar-refractivity contribution >= 4 is 23.2 Å². The number of aromatic nitrogens is 2. The molecule has 0 aliphatic carbocycles. The zero-order chi connectivity index (χ0) is 21.4. The molecule has 2 aromatic carbocycles. The van der Waals surface area contributed by atoms with E-state index in [9.17, 15) is 14.4 Å². The number of ether oxygens (including phenoxy) is 2. The molecule has 1 saturated heterocycles. The van der Waals surface area contributed by atoms with E-state index < -0.39 is 11.7 Å². The Morgan fingerprint density at radius 2 is 1.94 bits per heavy atom. The normalized spacial score (nSPS) is 17.6. The zero-order valence-electron chi connectivity index (χ0n) is 16.3. The summed E-state index contributed by atoms with van der Waals surface area (Å²) in [5.74, 6) is -0.0624. The summed E-state index contributed by atoms with van der Waals surface area (Å²) in [5, 5.41) is 6.47. The summed E-state index contributed by atoms with van der Waals surface area (Å²) in [7, 11) is 0. The monoisotopic (exact) mass is 422 g/mol. The molecule has 3 heterocycles. The van der Waals surface area contributed by atoms with Gasteiger partial charge >= 0.3 is 5.76 Å². The maximum atomic E-state index is 12.8. The van der Waals surface area contributed by atoms with Gasteiger partial charge in [0.15, 0.2) is 17.3 Å². The Hall–Kier alpha value is -4.08. The average molecular weight is 422 g/mol. The van der Waals surface area contributed by atoms with Crippen LogP contribution in [0.15, 0.2) is 51.8 Å². The topological polar surface area (TPSA) is 127 Å². The highest BCUT2D eigenvalue weighted by Crippen LogP contribution is 2.36. The first-order valence-corrected chi connectivity index (χ1v) is 9.74. The smallest absolute Gasteiger partial charge is 0.439 e. The first-order chi connectivity index (χ1) is 15.1. The van der Waals surface area contributed by atoms with Crippen molar-refractivity contribution in [2.24, 2.45) is 5.92 Å². The molecule has 10 nitrogen and oxygen atoms in total. The number of nitrogens with zero attached hydrogens (tertiary/aromatic N) is 2. The van der Waals surface area contributed by atoms with E-state index in [1.165, 1.54) is 0 Å². The number of fused-ring (bicyclic) bond motifs is 1. The van der Waals surface area contributed by atoms with Gasteiger partial charge in [-0.15, -0.1) is 0 Å². The van der Waals surface area contributed by atoms with Gasteiger partial charge in [0.05, 0.1) is 5.92 Å². The van der Waals surface area contributed by atoms with Gasteiger partial charge < -0.3 is 19.7 Å². The highest BCUT2D eigenvalue weighted by molar-refractivity contribution is 6.03. The number of rotatable bonds is 4. The third-order valence-corrected chi connectivity index (χ3v) is 5.18. The van der Waals surface area contributed by atoms with Crippen LogP contribution in [0.3, 0.4) is 0 Å². The van der Waals surface area contributed by atoms with Gasteiger partial charge in [0.1, 0.15) is 13.2 Å². The van der Waals surface area contributed by atoms with Crippen molar-refractivity contribution < 1.29 is 23.6 Å². The predicted molar refractivity (Wildman–Crippen MR) is 109 cm³/mol. The SMILES string of the molecule is O=C(Nc1cccc(-c2noc(=O)[nH]2)c1)C1CC(=O)N(c2ccc3c(c2)OCCO3)C1. The lowest BCUT2D eigenvalue weighted by molar-refractivity contribution is -0.122. The molecular weight excluding hydrogens is 404 g/mol. The first kappa shape index (κ1) is 18.9. The summed E-state index contributed by atoms with van der Waals surface area (Å²) in [5.41, 5.74) is 1.78. The molecule has 2 amide bonds. The third-order valence-electron chi connectivity index (χ3n) is 5.18. The van der Waals surface area contributed by atoms with Crippen LogP contribution < -0.4 is 25.4 Å². The molecule has 1 atom stereocenters. The van der Waals surface area contributed by atoms with E-state index in [1.807, 2.05) is 0 Å². The Morgan fingerprint density at radius 3 is 2.74 bits per heavy atom. The summed E-state index contributed by atoms with van der Waals surface area (Å²) in [6.07, 6.45) is 0.108. The van der Waals surface area contributed by atoms with Crippen molar-refractivity contribution in [2.75, 3.05) is 30.0 Å². The van der Waals surface area contributed by atoms with E-state index >= 15 is 0 Å². The number of H-pyrrole nitrogens is 1.